The Bertz CT molecular complexity index is 714. The standard InChI is InChI=1S/C13H11N3O5S/c1-21-13(18)10-2-9(3-11(4-10)16(19)20)12(17)14-5-8-6-15-22-7-8/h2-4,6-7H,5H2,1H3,(H,14,17). The maximum atomic E-state index is 12.1. The zero-order valence-corrected chi connectivity index (χ0v) is 12.3. The highest BCUT2D eigenvalue weighted by Crippen LogP contribution is 2.18. The number of methoxy groups -OCH3 is 1. The van der Waals surface area contributed by atoms with Gasteiger partial charge in [-0.25, -0.2) is 9.17 Å². The van der Waals surface area contributed by atoms with Crippen molar-refractivity contribution in [3.63, 3.8) is 0 Å². The minimum absolute atomic E-state index is 0.0118. The summed E-state index contributed by atoms with van der Waals surface area (Å²) in [6.07, 6.45) is 1.61. The fourth-order valence-corrected chi connectivity index (χ4v) is 2.22. The van der Waals surface area contributed by atoms with E-state index in [4.69, 9.17) is 0 Å². The van der Waals surface area contributed by atoms with Crippen LogP contribution in [0.15, 0.2) is 29.8 Å². The number of carbonyl (C=O) groups excluding carboxylic acids is 2. The van der Waals surface area contributed by atoms with Gasteiger partial charge in [-0.1, -0.05) is 0 Å². The van der Waals surface area contributed by atoms with Gasteiger partial charge in [0.2, 0.25) is 0 Å². The maximum absolute atomic E-state index is 12.1. The van der Waals surface area contributed by atoms with Crippen molar-refractivity contribution in [3.8, 4) is 0 Å². The molecule has 0 radical (unpaired) electrons. The fraction of sp³-hybridized carbons (Fsp3) is 0.154. The molecule has 1 heterocycles. The number of nitro benzene ring substituents is 1. The van der Waals surface area contributed by atoms with Crippen molar-refractivity contribution in [3.05, 3.63) is 56.6 Å². The Morgan fingerprint density at radius 2 is 2.09 bits per heavy atom. The number of hydrogen-bond donors (Lipinski definition) is 1. The Morgan fingerprint density at radius 3 is 2.68 bits per heavy atom. The predicted octanol–water partition coefficient (Wildman–Crippen LogP) is 1.77. The molecule has 0 fully saturated rings. The summed E-state index contributed by atoms with van der Waals surface area (Å²) in [6.45, 7) is 0.242. The molecule has 1 N–H and O–H groups in total. The molecule has 0 spiro atoms. The molecule has 0 bridgehead atoms. The highest BCUT2D eigenvalue weighted by atomic mass is 32.1. The molecular formula is C13H11N3O5S. The number of carbonyl (C=O) groups is 2. The Kier molecular flexibility index (Phi) is 4.79. The zero-order chi connectivity index (χ0) is 16.1. The van der Waals surface area contributed by atoms with E-state index in [9.17, 15) is 19.7 Å². The Balaban J connectivity index is 2.24. The quantitative estimate of drug-likeness (QED) is 0.510. The van der Waals surface area contributed by atoms with E-state index in [2.05, 4.69) is 14.4 Å². The molecule has 0 unspecified atom stereocenters. The number of nitrogens with zero attached hydrogens (tertiary/aromatic N) is 2. The largest absolute Gasteiger partial charge is 0.465 e. The molecule has 1 aromatic heterocycles. The number of ether oxygens (including phenoxy) is 1. The first-order valence-electron chi connectivity index (χ1n) is 6.05. The summed E-state index contributed by atoms with van der Waals surface area (Å²) < 4.78 is 8.42. The number of amides is 1. The van der Waals surface area contributed by atoms with Crippen molar-refractivity contribution in [1.82, 2.24) is 9.69 Å². The first-order valence-corrected chi connectivity index (χ1v) is 6.89. The van der Waals surface area contributed by atoms with Gasteiger partial charge in [0.05, 0.1) is 17.6 Å². The second-order valence-corrected chi connectivity index (χ2v) is 4.89. The number of nitrogens with one attached hydrogen (secondary N) is 1. The van der Waals surface area contributed by atoms with E-state index >= 15 is 0 Å². The number of non-ortho nitro benzene ring substituents is 1. The van der Waals surface area contributed by atoms with Crippen LogP contribution in [0.25, 0.3) is 0 Å². The summed E-state index contributed by atoms with van der Waals surface area (Å²) in [4.78, 5) is 33.8. The number of aromatic nitrogens is 1. The first-order chi connectivity index (χ1) is 10.5. The SMILES string of the molecule is COC(=O)c1cc(C(=O)NCc2cnsc2)cc([N+](=O)[O-])c1. The Morgan fingerprint density at radius 1 is 1.36 bits per heavy atom. The smallest absolute Gasteiger partial charge is 0.338 e. The van der Waals surface area contributed by atoms with E-state index in [-0.39, 0.29) is 23.4 Å². The fourth-order valence-electron chi connectivity index (χ4n) is 1.68. The van der Waals surface area contributed by atoms with Gasteiger partial charge >= 0.3 is 5.97 Å². The molecule has 2 aromatic rings. The summed E-state index contributed by atoms with van der Waals surface area (Å²) in [5, 5.41) is 15.3. The molecule has 9 heteroatoms. The van der Waals surface area contributed by atoms with Gasteiger partial charge in [0.15, 0.2) is 0 Å². The molecular weight excluding hydrogens is 310 g/mol. The van der Waals surface area contributed by atoms with Crippen molar-refractivity contribution < 1.29 is 19.2 Å². The Labute approximate surface area is 129 Å². The van der Waals surface area contributed by atoms with Gasteiger partial charge in [0.25, 0.3) is 11.6 Å². The molecule has 1 amide bonds. The van der Waals surface area contributed by atoms with Crippen LogP contribution < -0.4 is 5.32 Å². The number of esters is 1. The lowest BCUT2D eigenvalue weighted by molar-refractivity contribution is -0.384. The normalized spacial score (nSPS) is 10.0. The van der Waals surface area contributed by atoms with Crippen molar-refractivity contribution in [2.45, 2.75) is 6.54 Å². The van der Waals surface area contributed by atoms with Gasteiger partial charge in [-0.05, 0) is 17.6 Å². The molecule has 0 aliphatic carbocycles. The van der Waals surface area contributed by atoms with E-state index in [1.54, 1.807) is 11.6 Å². The summed E-state index contributed by atoms with van der Waals surface area (Å²) >= 11 is 1.25. The van der Waals surface area contributed by atoms with Gasteiger partial charge in [0, 0.05) is 41.4 Å². The van der Waals surface area contributed by atoms with E-state index < -0.39 is 16.8 Å². The van der Waals surface area contributed by atoms with Gasteiger partial charge in [-0.3, -0.25) is 14.9 Å². The molecule has 0 saturated carbocycles. The molecule has 0 atom stereocenters. The van der Waals surface area contributed by atoms with Crippen LogP contribution >= 0.6 is 11.5 Å². The minimum atomic E-state index is -0.750. The third-order valence-corrected chi connectivity index (χ3v) is 3.38. The van der Waals surface area contributed by atoms with Crippen LogP contribution in [0.3, 0.4) is 0 Å². The van der Waals surface area contributed by atoms with E-state index in [0.717, 1.165) is 24.8 Å². The third-order valence-electron chi connectivity index (χ3n) is 2.75. The Hall–Kier alpha value is -2.81. The molecule has 2 rings (SSSR count). The van der Waals surface area contributed by atoms with Crippen LogP contribution in [0, 0.1) is 10.1 Å². The average molecular weight is 321 g/mol. The lowest BCUT2D eigenvalue weighted by Crippen LogP contribution is -2.23. The minimum Gasteiger partial charge on any atom is -0.465 e. The predicted molar refractivity (Wildman–Crippen MR) is 77.7 cm³/mol. The van der Waals surface area contributed by atoms with Crippen LogP contribution in [0.5, 0.6) is 0 Å². The average Bonchev–Trinajstić information content (AvgIpc) is 3.04. The van der Waals surface area contributed by atoms with E-state index in [1.807, 2.05) is 0 Å². The van der Waals surface area contributed by atoms with Gasteiger partial charge in [0.1, 0.15) is 0 Å². The lowest BCUT2D eigenvalue weighted by Gasteiger charge is -2.06. The van der Waals surface area contributed by atoms with Gasteiger partial charge < -0.3 is 10.1 Å². The molecule has 8 nitrogen and oxygen atoms in total. The van der Waals surface area contributed by atoms with Crippen LogP contribution in [-0.4, -0.2) is 28.3 Å². The molecule has 22 heavy (non-hydrogen) atoms. The van der Waals surface area contributed by atoms with E-state index in [1.165, 1.54) is 17.6 Å². The maximum Gasteiger partial charge on any atom is 0.338 e. The number of hydrogen-bond acceptors (Lipinski definition) is 7. The summed E-state index contributed by atoms with van der Waals surface area (Å²) in [7, 11) is 1.16. The summed E-state index contributed by atoms with van der Waals surface area (Å²) in [5.74, 6) is -1.28. The van der Waals surface area contributed by atoms with Gasteiger partial charge in [-0.2, -0.15) is 0 Å². The summed E-state index contributed by atoms with van der Waals surface area (Å²) in [5.41, 5.74) is 0.416. The van der Waals surface area contributed by atoms with Crippen molar-refractivity contribution in [1.29, 1.82) is 0 Å². The highest BCUT2D eigenvalue weighted by Gasteiger charge is 2.18. The monoisotopic (exact) mass is 321 g/mol. The van der Waals surface area contributed by atoms with Crippen LogP contribution in [0.1, 0.15) is 26.3 Å². The molecule has 0 aliphatic rings. The van der Waals surface area contributed by atoms with E-state index in [0.29, 0.717) is 0 Å². The lowest BCUT2D eigenvalue weighted by atomic mass is 10.1. The van der Waals surface area contributed by atoms with Crippen molar-refractivity contribution in [2.24, 2.45) is 0 Å². The topological polar surface area (TPSA) is 111 Å². The third kappa shape index (κ3) is 3.64. The van der Waals surface area contributed by atoms with Crippen molar-refractivity contribution in [2.75, 3.05) is 7.11 Å². The van der Waals surface area contributed by atoms with Crippen LogP contribution in [-0.2, 0) is 11.3 Å². The van der Waals surface area contributed by atoms with Gasteiger partial charge in [-0.15, -0.1) is 0 Å². The number of rotatable bonds is 5. The summed E-state index contributed by atoms with van der Waals surface area (Å²) in [6, 6.07) is 3.42. The molecule has 1 aromatic carbocycles. The van der Waals surface area contributed by atoms with Crippen LogP contribution in [0.4, 0.5) is 5.69 Å². The molecule has 114 valence electrons. The zero-order valence-electron chi connectivity index (χ0n) is 11.4. The number of benzene rings is 1. The first kappa shape index (κ1) is 15.6. The second kappa shape index (κ2) is 6.76. The highest BCUT2D eigenvalue weighted by molar-refractivity contribution is 7.03. The second-order valence-electron chi connectivity index (χ2n) is 4.23. The van der Waals surface area contributed by atoms with Crippen molar-refractivity contribution >= 4 is 29.1 Å². The number of nitro groups is 1. The molecule has 0 saturated heterocycles. The van der Waals surface area contributed by atoms with Crippen LogP contribution in [0.2, 0.25) is 0 Å². The molecule has 0 aliphatic heterocycles.